The Morgan fingerprint density at radius 3 is 2.51 bits per heavy atom. The highest BCUT2D eigenvalue weighted by Gasteiger charge is 2.61. The molecule has 3 rings (SSSR count). The molecule has 196 valence electrons. The van der Waals surface area contributed by atoms with Crippen molar-refractivity contribution in [1.29, 1.82) is 0 Å². The molecule has 1 aromatic carbocycles. The van der Waals surface area contributed by atoms with Crippen LogP contribution in [0.4, 0.5) is 0 Å². The van der Waals surface area contributed by atoms with Crippen molar-refractivity contribution >= 4 is 0 Å². The molecule has 2 aliphatic rings. The highest BCUT2D eigenvalue weighted by atomic mass is 16.7. The van der Waals surface area contributed by atoms with Crippen LogP contribution in [0.2, 0.25) is 0 Å². The maximum Gasteiger partial charge on any atom is 0.243 e. The maximum atomic E-state index is 11.3. The number of benzene rings is 1. The van der Waals surface area contributed by atoms with Gasteiger partial charge in [0.15, 0.2) is 5.60 Å². The molecule has 0 saturated carbocycles. The van der Waals surface area contributed by atoms with Crippen LogP contribution in [-0.4, -0.2) is 86.8 Å². The minimum Gasteiger partial charge on any atom is -0.486 e. The number of aliphatic hydroxyl groups is 6. The normalized spacial score (nSPS) is 33.7. The molecule has 2 aliphatic heterocycles. The molecular weight excluding hydrogens is 456 g/mol. The Morgan fingerprint density at radius 2 is 1.89 bits per heavy atom. The van der Waals surface area contributed by atoms with E-state index in [9.17, 15) is 25.5 Å². The van der Waals surface area contributed by atoms with Crippen molar-refractivity contribution in [1.82, 2.24) is 0 Å². The van der Waals surface area contributed by atoms with E-state index in [4.69, 9.17) is 19.3 Å². The third-order valence-corrected chi connectivity index (χ3v) is 6.92. The summed E-state index contributed by atoms with van der Waals surface area (Å²) >= 11 is 0. The molecule has 1 aromatic rings. The molecular formula is C26H38O9. The molecule has 0 bridgehead atoms. The Hall–Kier alpha value is -1.98. The summed E-state index contributed by atoms with van der Waals surface area (Å²) in [7, 11) is 0. The summed E-state index contributed by atoms with van der Waals surface area (Å²) < 4.78 is 18.2. The van der Waals surface area contributed by atoms with Crippen LogP contribution in [0.3, 0.4) is 0 Å². The van der Waals surface area contributed by atoms with Crippen LogP contribution in [0.15, 0.2) is 49.3 Å². The van der Waals surface area contributed by atoms with Crippen LogP contribution in [0, 0.1) is 11.8 Å². The first-order chi connectivity index (χ1) is 16.9. The summed E-state index contributed by atoms with van der Waals surface area (Å²) in [5.41, 5.74) is -0.569. The first-order valence-electron chi connectivity index (χ1n) is 12.1. The molecule has 35 heavy (non-hydrogen) atoms. The van der Waals surface area contributed by atoms with E-state index in [1.807, 2.05) is 12.1 Å². The van der Waals surface area contributed by atoms with Gasteiger partial charge in [0, 0.05) is 26.2 Å². The van der Waals surface area contributed by atoms with E-state index in [1.54, 1.807) is 24.3 Å². The van der Waals surface area contributed by atoms with Crippen molar-refractivity contribution in [2.75, 3.05) is 19.8 Å². The summed E-state index contributed by atoms with van der Waals surface area (Å²) in [6.45, 7) is 3.27. The largest absolute Gasteiger partial charge is 0.486 e. The first-order valence-corrected chi connectivity index (χ1v) is 12.1. The van der Waals surface area contributed by atoms with Crippen LogP contribution in [-0.2, 0) is 15.9 Å². The topological polar surface area (TPSA) is 149 Å². The van der Waals surface area contributed by atoms with E-state index >= 15 is 0 Å². The SMILES string of the molecule is C=CCc1ccc(O[C@H]2O[C@H]([C@@H](O)CCCO)[C@@H](O)[C@H](O)[C@]23C[C@H](CO)[C@@H](CCO)C=CO3)cc1. The van der Waals surface area contributed by atoms with Crippen molar-refractivity contribution in [2.45, 2.75) is 68.4 Å². The molecule has 0 amide bonds. The van der Waals surface area contributed by atoms with Crippen LogP contribution >= 0.6 is 0 Å². The van der Waals surface area contributed by atoms with Gasteiger partial charge >= 0.3 is 0 Å². The van der Waals surface area contributed by atoms with Gasteiger partial charge in [-0.3, -0.25) is 0 Å². The molecule has 9 nitrogen and oxygen atoms in total. The van der Waals surface area contributed by atoms with Gasteiger partial charge in [0.2, 0.25) is 6.29 Å². The lowest BCUT2D eigenvalue weighted by atomic mass is 9.75. The van der Waals surface area contributed by atoms with Crippen LogP contribution < -0.4 is 4.74 Å². The summed E-state index contributed by atoms with van der Waals surface area (Å²) in [6.07, 6.45) is -0.159. The van der Waals surface area contributed by atoms with Gasteiger partial charge in [0.1, 0.15) is 24.1 Å². The van der Waals surface area contributed by atoms with Gasteiger partial charge in [-0.25, -0.2) is 0 Å². The lowest BCUT2D eigenvalue weighted by Gasteiger charge is -2.51. The average Bonchev–Trinajstić information content (AvgIpc) is 3.05. The smallest absolute Gasteiger partial charge is 0.243 e. The van der Waals surface area contributed by atoms with Crippen molar-refractivity contribution < 1.29 is 44.8 Å². The van der Waals surface area contributed by atoms with Crippen molar-refractivity contribution in [3.05, 3.63) is 54.8 Å². The fraction of sp³-hybridized carbons (Fsp3) is 0.615. The third-order valence-electron chi connectivity index (χ3n) is 6.92. The molecule has 6 N–H and O–H groups in total. The highest BCUT2D eigenvalue weighted by molar-refractivity contribution is 5.29. The van der Waals surface area contributed by atoms with E-state index in [0.717, 1.165) is 5.56 Å². The van der Waals surface area contributed by atoms with Crippen molar-refractivity contribution in [3.63, 3.8) is 0 Å². The molecule has 2 heterocycles. The predicted octanol–water partition coefficient (Wildman–Crippen LogP) is 0.654. The molecule has 1 fully saturated rings. The summed E-state index contributed by atoms with van der Waals surface area (Å²) in [5.74, 6) is -0.206. The quantitative estimate of drug-likeness (QED) is 0.244. The molecule has 9 heteroatoms. The average molecular weight is 495 g/mol. The number of ether oxygens (including phenoxy) is 3. The van der Waals surface area contributed by atoms with E-state index < -0.39 is 42.2 Å². The van der Waals surface area contributed by atoms with Gasteiger partial charge in [-0.15, -0.1) is 6.58 Å². The van der Waals surface area contributed by atoms with E-state index in [-0.39, 0.29) is 38.6 Å². The van der Waals surface area contributed by atoms with Gasteiger partial charge < -0.3 is 44.8 Å². The standard InChI is InChI=1S/C26H38O9/c1-2-4-17-6-8-20(9-7-17)34-25-26(15-19(16-29)18(10-13-28)11-14-33-26)24(32)22(31)23(35-25)21(30)5-3-12-27/h2,6-9,11,14,18-19,21-25,27-32H,1,3-5,10,12-13,15-16H2/t18-,19+,21-,22+,23+,24-,25-,26+/m0/s1. The number of aliphatic hydroxyl groups excluding tert-OH is 6. The molecule has 0 aromatic heterocycles. The molecule has 1 spiro atoms. The zero-order chi connectivity index (χ0) is 25.4. The summed E-state index contributed by atoms with van der Waals surface area (Å²) in [6, 6.07) is 7.23. The number of hydrogen-bond acceptors (Lipinski definition) is 9. The fourth-order valence-electron chi connectivity index (χ4n) is 4.91. The third kappa shape index (κ3) is 6.24. The lowest BCUT2D eigenvalue weighted by Crippen LogP contribution is -2.70. The molecule has 0 aliphatic carbocycles. The van der Waals surface area contributed by atoms with Crippen LogP contribution in [0.5, 0.6) is 5.75 Å². The Balaban J connectivity index is 1.95. The van der Waals surface area contributed by atoms with Crippen LogP contribution in [0.25, 0.3) is 0 Å². The lowest BCUT2D eigenvalue weighted by molar-refractivity contribution is -0.333. The van der Waals surface area contributed by atoms with Crippen LogP contribution in [0.1, 0.15) is 31.2 Å². The summed E-state index contributed by atoms with van der Waals surface area (Å²) in [4.78, 5) is 0. The van der Waals surface area contributed by atoms with Gasteiger partial charge in [0.05, 0.1) is 12.4 Å². The molecule has 8 atom stereocenters. The number of hydrogen-bond donors (Lipinski definition) is 6. The monoisotopic (exact) mass is 494 g/mol. The molecule has 0 radical (unpaired) electrons. The number of rotatable bonds is 11. The molecule has 1 saturated heterocycles. The minimum atomic E-state index is -1.60. The molecule has 0 unspecified atom stereocenters. The van der Waals surface area contributed by atoms with Gasteiger partial charge in [-0.1, -0.05) is 18.2 Å². The maximum absolute atomic E-state index is 11.3. The Labute approximate surface area is 205 Å². The van der Waals surface area contributed by atoms with E-state index in [2.05, 4.69) is 6.58 Å². The van der Waals surface area contributed by atoms with Gasteiger partial charge in [-0.05, 0) is 61.3 Å². The second-order valence-electron chi connectivity index (χ2n) is 9.28. The Morgan fingerprint density at radius 1 is 1.14 bits per heavy atom. The second-order valence-corrected chi connectivity index (χ2v) is 9.28. The number of allylic oxidation sites excluding steroid dienone is 2. The Kier molecular flexibility index (Phi) is 10.1. The van der Waals surface area contributed by atoms with Gasteiger partial charge in [0.25, 0.3) is 0 Å². The van der Waals surface area contributed by atoms with E-state index in [0.29, 0.717) is 25.0 Å². The van der Waals surface area contributed by atoms with E-state index in [1.165, 1.54) is 6.26 Å². The van der Waals surface area contributed by atoms with Crippen molar-refractivity contribution in [3.8, 4) is 5.75 Å². The predicted molar refractivity (Wildman–Crippen MR) is 127 cm³/mol. The zero-order valence-corrected chi connectivity index (χ0v) is 19.9. The minimum absolute atomic E-state index is 0.0675. The zero-order valence-electron chi connectivity index (χ0n) is 19.9. The van der Waals surface area contributed by atoms with Gasteiger partial charge in [-0.2, -0.15) is 0 Å². The van der Waals surface area contributed by atoms with Crippen molar-refractivity contribution in [2.24, 2.45) is 11.8 Å². The second kappa shape index (κ2) is 12.8. The summed E-state index contributed by atoms with van der Waals surface area (Å²) in [5, 5.41) is 61.6. The fourth-order valence-corrected chi connectivity index (χ4v) is 4.91. The highest BCUT2D eigenvalue weighted by Crippen LogP contribution is 2.44. The first kappa shape index (κ1) is 27.6. The Bertz CT molecular complexity index is 814.